The Morgan fingerprint density at radius 3 is 2.24 bits per heavy atom. The lowest BCUT2D eigenvalue weighted by molar-refractivity contribution is -0.143. The van der Waals surface area contributed by atoms with Crippen molar-refractivity contribution >= 4 is 15.7 Å². The molecule has 154 valence electrons. The first-order valence-corrected chi connectivity index (χ1v) is 11.1. The van der Waals surface area contributed by atoms with Crippen LogP contribution < -0.4 is 0 Å². The van der Waals surface area contributed by atoms with Crippen LogP contribution in [0.2, 0.25) is 0 Å². The van der Waals surface area contributed by atoms with Crippen molar-refractivity contribution in [1.29, 1.82) is 0 Å². The van der Waals surface area contributed by atoms with Gasteiger partial charge in [-0.25, -0.2) is 8.42 Å². The molecule has 1 unspecified atom stereocenters. The normalized spacial score (nSPS) is 28.5. The van der Waals surface area contributed by atoms with Gasteiger partial charge < -0.3 is 14.4 Å². The predicted octanol–water partition coefficient (Wildman–Crippen LogP) is 2.78. The first kappa shape index (κ1) is 20.1. The number of carbonyl (C=O) groups excluding carboxylic acids is 1. The molecule has 3 atom stereocenters. The average molecular weight is 416 g/mol. The molecule has 0 radical (unpaired) electrons. The highest BCUT2D eigenvalue weighted by atomic mass is 32.2. The van der Waals surface area contributed by atoms with E-state index in [1.807, 2.05) is 30.3 Å². The number of nitrogens with zero attached hydrogens (tertiary/aromatic N) is 1. The van der Waals surface area contributed by atoms with E-state index < -0.39 is 38.4 Å². The number of hydrogen-bond donors (Lipinski definition) is 0. The van der Waals surface area contributed by atoms with Gasteiger partial charge in [-0.1, -0.05) is 48.5 Å². The smallest absolute Gasteiger partial charge is 0.249 e. The summed E-state index contributed by atoms with van der Waals surface area (Å²) in [4.78, 5) is 15.2. The molecule has 0 saturated carbocycles. The Hall–Kier alpha value is -2.22. The Balaban J connectivity index is 1.77. The molecule has 0 spiro atoms. The van der Waals surface area contributed by atoms with Crippen molar-refractivity contribution < 1.29 is 22.7 Å². The molecule has 0 N–H and O–H groups in total. The molecule has 6 nitrogen and oxygen atoms in total. The minimum atomic E-state index is -4.00. The van der Waals surface area contributed by atoms with Crippen molar-refractivity contribution in [2.75, 3.05) is 6.61 Å². The summed E-state index contributed by atoms with van der Waals surface area (Å²) in [6.07, 6.45) is -0.859. The highest BCUT2D eigenvalue weighted by Crippen LogP contribution is 2.47. The first-order valence-electron chi connectivity index (χ1n) is 9.62. The maximum Gasteiger partial charge on any atom is 0.249 e. The maximum absolute atomic E-state index is 13.7. The fraction of sp³-hybridized carbons (Fsp3) is 0.409. The van der Waals surface area contributed by atoms with E-state index in [4.69, 9.17) is 9.47 Å². The molecule has 0 aliphatic carbocycles. The third kappa shape index (κ3) is 2.99. The number of sulfone groups is 1. The molecule has 29 heavy (non-hydrogen) atoms. The van der Waals surface area contributed by atoms with Crippen LogP contribution in [0.1, 0.15) is 26.3 Å². The lowest BCUT2D eigenvalue weighted by Gasteiger charge is -2.32. The van der Waals surface area contributed by atoms with Gasteiger partial charge in [0.25, 0.3) is 0 Å². The molecule has 0 bridgehead atoms. The van der Waals surface area contributed by atoms with Gasteiger partial charge in [0.05, 0.1) is 24.2 Å². The molecular weight excluding hydrogens is 390 g/mol. The van der Waals surface area contributed by atoms with Gasteiger partial charge in [-0.3, -0.25) is 4.79 Å². The summed E-state index contributed by atoms with van der Waals surface area (Å²) in [6.45, 7) is 5.49. The van der Waals surface area contributed by atoms with Crippen LogP contribution in [0.5, 0.6) is 0 Å². The summed E-state index contributed by atoms with van der Waals surface area (Å²) in [5, 5.41) is 0. The predicted molar refractivity (Wildman–Crippen MR) is 108 cm³/mol. The van der Waals surface area contributed by atoms with E-state index in [1.165, 1.54) is 19.1 Å². The lowest BCUT2D eigenvalue weighted by atomic mass is 10.0. The van der Waals surface area contributed by atoms with Gasteiger partial charge in [0.2, 0.25) is 5.91 Å². The van der Waals surface area contributed by atoms with Crippen LogP contribution in [0, 0.1) is 0 Å². The SMILES string of the molecule is CC1(C)OCC2[C@H](OCc3ccccc3)[C@](C)(S(=O)(=O)c3ccccc3)C(=O)N21. The number of amides is 1. The summed E-state index contributed by atoms with van der Waals surface area (Å²) in [5.74, 6) is -0.480. The second kappa shape index (κ2) is 6.93. The lowest BCUT2D eigenvalue weighted by Crippen LogP contribution is -2.53. The second-order valence-electron chi connectivity index (χ2n) is 8.14. The summed E-state index contributed by atoms with van der Waals surface area (Å²) in [5.41, 5.74) is 0.0242. The molecule has 0 aromatic heterocycles. The summed E-state index contributed by atoms with van der Waals surface area (Å²) in [7, 11) is -4.00. The third-order valence-corrected chi connectivity index (χ3v) is 8.36. The summed E-state index contributed by atoms with van der Waals surface area (Å²) >= 11 is 0. The molecule has 2 heterocycles. The molecule has 4 rings (SSSR count). The molecule has 2 aliphatic rings. The van der Waals surface area contributed by atoms with Crippen molar-refractivity contribution in [2.24, 2.45) is 0 Å². The molecule has 2 aromatic carbocycles. The Kier molecular flexibility index (Phi) is 4.80. The van der Waals surface area contributed by atoms with Crippen LogP contribution in [0.25, 0.3) is 0 Å². The standard InChI is InChI=1S/C22H25NO5S/c1-21(2)23-18(15-28-21)19(27-14-16-10-6-4-7-11-16)22(3,20(23)24)29(25,26)17-12-8-5-9-13-17/h4-13,18-19H,14-15H2,1-3H3/t18?,19-,22-/m0/s1. The van der Waals surface area contributed by atoms with Crippen molar-refractivity contribution in [1.82, 2.24) is 4.90 Å². The molecule has 2 aliphatic heterocycles. The molecule has 2 fully saturated rings. The van der Waals surface area contributed by atoms with E-state index in [9.17, 15) is 13.2 Å². The van der Waals surface area contributed by atoms with Gasteiger partial charge in [0.1, 0.15) is 11.8 Å². The second-order valence-corrected chi connectivity index (χ2v) is 10.5. The van der Waals surface area contributed by atoms with Gasteiger partial charge >= 0.3 is 0 Å². The zero-order valence-corrected chi connectivity index (χ0v) is 17.6. The van der Waals surface area contributed by atoms with Gasteiger partial charge in [-0.2, -0.15) is 0 Å². The molecule has 2 saturated heterocycles. The monoisotopic (exact) mass is 415 g/mol. The zero-order valence-electron chi connectivity index (χ0n) is 16.7. The highest BCUT2D eigenvalue weighted by Gasteiger charge is 2.69. The Bertz CT molecular complexity index is 1010. The molecule has 1 amide bonds. The maximum atomic E-state index is 13.7. The zero-order chi connectivity index (χ0) is 20.9. The fourth-order valence-corrected chi connectivity index (χ4v) is 6.19. The Labute approximate surface area is 171 Å². The van der Waals surface area contributed by atoms with E-state index in [0.717, 1.165) is 5.56 Å². The van der Waals surface area contributed by atoms with Crippen molar-refractivity contribution in [3.8, 4) is 0 Å². The Morgan fingerprint density at radius 2 is 1.62 bits per heavy atom. The number of hydrogen-bond acceptors (Lipinski definition) is 5. The molecule has 7 heteroatoms. The number of fused-ring (bicyclic) bond motifs is 1. The van der Waals surface area contributed by atoms with Gasteiger partial charge in [0.15, 0.2) is 14.6 Å². The topological polar surface area (TPSA) is 72.9 Å². The number of ether oxygens (including phenoxy) is 2. The van der Waals surface area contributed by atoms with E-state index >= 15 is 0 Å². The van der Waals surface area contributed by atoms with Crippen molar-refractivity contribution in [2.45, 2.75) is 54.9 Å². The van der Waals surface area contributed by atoms with Crippen molar-refractivity contribution in [3.63, 3.8) is 0 Å². The van der Waals surface area contributed by atoms with E-state index in [2.05, 4.69) is 0 Å². The number of benzene rings is 2. The minimum absolute atomic E-state index is 0.115. The summed E-state index contributed by atoms with van der Waals surface area (Å²) in [6, 6.07) is 17.1. The minimum Gasteiger partial charge on any atom is -0.369 e. The number of carbonyl (C=O) groups is 1. The molecular formula is C22H25NO5S. The highest BCUT2D eigenvalue weighted by molar-refractivity contribution is 7.93. The largest absolute Gasteiger partial charge is 0.369 e. The van der Waals surface area contributed by atoms with Gasteiger partial charge in [0, 0.05) is 0 Å². The van der Waals surface area contributed by atoms with Crippen LogP contribution in [0.3, 0.4) is 0 Å². The fourth-order valence-electron chi connectivity index (χ4n) is 4.32. The van der Waals surface area contributed by atoms with Crippen LogP contribution in [0.4, 0.5) is 0 Å². The van der Waals surface area contributed by atoms with E-state index in [-0.39, 0.29) is 18.1 Å². The quantitative estimate of drug-likeness (QED) is 0.751. The van der Waals surface area contributed by atoms with Gasteiger partial charge in [-0.05, 0) is 38.5 Å². The number of rotatable bonds is 5. The van der Waals surface area contributed by atoms with Crippen LogP contribution in [0.15, 0.2) is 65.6 Å². The Morgan fingerprint density at radius 1 is 1.03 bits per heavy atom. The van der Waals surface area contributed by atoms with Crippen LogP contribution in [-0.4, -0.2) is 48.4 Å². The first-order chi connectivity index (χ1) is 13.7. The van der Waals surface area contributed by atoms with Crippen molar-refractivity contribution in [3.05, 3.63) is 66.2 Å². The summed E-state index contributed by atoms with van der Waals surface area (Å²) < 4.78 is 37.6. The van der Waals surface area contributed by atoms with Crippen LogP contribution >= 0.6 is 0 Å². The third-order valence-electron chi connectivity index (χ3n) is 5.94. The van der Waals surface area contributed by atoms with E-state index in [1.54, 1.807) is 36.9 Å². The van der Waals surface area contributed by atoms with Crippen LogP contribution in [-0.2, 0) is 30.7 Å². The van der Waals surface area contributed by atoms with Gasteiger partial charge in [-0.15, -0.1) is 0 Å². The average Bonchev–Trinajstić information content (AvgIpc) is 3.15. The van der Waals surface area contributed by atoms with E-state index in [0.29, 0.717) is 0 Å². The molecule has 2 aromatic rings.